The summed E-state index contributed by atoms with van der Waals surface area (Å²) in [6.07, 6.45) is 0.599. The number of aliphatic hydroxyl groups excluding tert-OH is 1. The third-order valence-corrected chi connectivity index (χ3v) is 2.44. The molecule has 1 aromatic carbocycles. The minimum absolute atomic E-state index is 0.122. The van der Waals surface area contributed by atoms with Crippen LogP contribution in [0.3, 0.4) is 0 Å². The van der Waals surface area contributed by atoms with Crippen molar-refractivity contribution in [3.05, 3.63) is 28.2 Å². The zero-order valence-corrected chi connectivity index (χ0v) is 10.3. The zero-order valence-electron chi connectivity index (χ0n) is 8.70. The molecular formula is C11H15BrO3. The van der Waals surface area contributed by atoms with E-state index in [0.29, 0.717) is 19.6 Å². The Balaban J connectivity index is 2.67. The molecule has 0 aliphatic heterocycles. The van der Waals surface area contributed by atoms with Gasteiger partial charge < -0.3 is 14.6 Å². The van der Waals surface area contributed by atoms with Gasteiger partial charge in [-0.2, -0.15) is 0 Å². The molecule has 0 aromatic heterocycles. The molecule has 1 rings (SSSR count). The fourth-order valence-electron chi connectivity index (χ4n) is 1.24. The highest BCUT2D eigenvalue weighted by Gasteiger charge is 2.03. The smallest absolute Gasteiger partial charge is 0.122 e. The first-order valence-electron chi connectivity index (χ1n) is 4.79. The molecule has 0 radical (unpaired) electrons. The summed E-state index contributed by atoms with van der Waals surface area (Å²) >= 11 is 3.39. The van der Waals surface area contributed by atoms with Crippen LogP contribution in [0.5, 0.6) is 5.75 Å². The van der Waals surface area contributed by atoms with Gasteiger partial charge in [0.15, 0.2) is 0 Å². The van der Waals surface area contributed by atoms with Gasteiger partial charge in [0.05, 0.1) is 6.61 Å². The van der Waals surface area contributed by atoms with E-state index in [1.165, 1.54) is 0 Å². The van der Waals surface area contributed by atoms with Crippen molar-refractivity contribution in [2.75, 3.05) is 26.9 Å². The summed E-state index contributed by atoms with van der Waals surface area (Å²) in [7, 11) is 1.64. The van der Waals surface area contributed by atoms with E-state index in [2.05, 4.69) is 15.9 Å². The second kappa shape index (κ2) is 6.82. The summed E-state index contributed by atoms with van der Waals surface area (Å²) in [5, 5.41) is 8.91. The van der Waals surface area contributed by atoms with Crippen LogP contribution in [0.4, 0.5) is 0 Å². The van der Waals surface area contributed by atoms with Gasteiger partial charge in [-0.05, 0) is 30.2 Å². The van der Waals surface area contributed by atoms with Crippen molar-refractivity contribution < 1.29 is 14.6 Å². The predicted octanol–water partition coefficient (Wildman–Crippen LogP) is 2.01. The fraction of sp³-hybridized carbons (Fsp3) is 0.455. The number of methoxy groups -OCH3 is 1. The molecule has 15 heavy (non-hydrogen) atoms. The number of benzene rings is 1. The van der Waals surface area contributed by atoms with E-state index in [0.717, 1.165) is 15.8 Å². The Bertz CT molecular complexity index is 302. The summed E-state index contributed by atoms with van der Waals surface area (Å²) in [5.74, 6) is 0.810. The van der Waals surface area contributed by atoms with Gasteiger partial charge >= 0.3 is 0 Å². The molecule has 0 spiro atoms. The van der Waals surface area contributed by atoms with Crippen LogP contribution >= 0.6 is 15.9 Å². The van der Waals surface area contributed by atoms with E-state index in [4.69, 9.17) is 14.6 Å². The highest BCUT2D eigenvalue weighted by atomic mass is 79.9. The molecule has 0 fully saturated rings. The second-order valence-corrected chi connectivity index (χ2v) is 3.98. The molecule has 1 aromatic rings. The molecular weight excluding hydrogens is 260 g/mol. The summed E-state index contributed by atoms with van der Waals surface area (Å²) in [4.78, 5) is 0. The Labute approximate surface area is 98.1 Å². The fourth-order valence-corrected chi connectivity index (χ4v) is 1.65. The summed E-state index contributed by atoms with van der Waals surface area (Å²) in [6.45, 7) is 1.21. The van der Waals surface area contributed by atoms with Crippen LogP contribution < -0.4 is 4.74 Å². The number of rotatable bonds is 6. The molecule has 0 heterocycles. The lowest BCUT2D eigenvalue weighted by atomic mass is 10.1. The average Bonchev–Trinajstić information content (AvgIpc) is 2.22. The van der Waals surface area contributed by atoms with E-state index in [-0.39, 0.29) is 6.61 Å². The van der Waals surface area contributed by atoms with Crippen molar-refractivity contribution >= 4 is 15.9 Å². The van der Waals surface area contributed by atoms with Gasteiger partial charge in [-0.25, -0.2) is 0 Å². The van der Waals surface area contributed by atoms with Crippen LogP contribution in [-0.4, -0.2) is 32.0 Å². The summed E-state index contributed by atoms with van der Waals surface area (Å²) in [6, 6.07) is 5.77. The molecule has 0 aliphatic rings. The van der Waals surface area contributed by atoms with Gasteiger partial charge in [0.1, 0.15) is 12.4 Å². The number of aliphatic hydroxyl groups is 1. The van der Waals surface area contributed by atoms with Crippen LogP contribution in [-0.2, 0) is 11.2 Å². The summed E-state index contributed by atoms with van der Waals surface area (Å²) in [5.41, 5.74) is 1.00. The van der Waals surface area contributed by atoms with Crippen molar-refractivity contribution in [3.63, 3.8) is 0 Å². The number of hydrogen-bond donors (Lipinski definition) is 1. The van der Waals surface area contributed by atoms with E-state index in [9.17, 15) is 0 Å². The molecule has 0 saturated heterocycles. The standard InChI is InChI=1S/C11H15BrO3/c1-14-6-7-15-11-3-2-10(12)8-9(11)4-5-13/h2-3,8,13H,4-7H2,1H3. The lowest BCUT2D eigenvalue weighted by molar-refractivity contribution is 0.145. The lowest BCUT2D eigenvalue weighted by Gasteiger charge is -2.10. The molecule has 0 bridgehead atoms. The molecule has 0 saturated carbocycles. The van der Waals surface area contributed by atoms with Gasteiger partial charge in [0, 0.05) is 18.2 Å². The van der Waals surface area contributed by atoms with E-state index >= 15 is 0 Å². The van der Waals surface area contributed by atoms with Crippen molar-refractivity contribution in [1.82, 2.24) is 0 Å². The predicted molar refractivity (Wildman–Crippen MR) is 62.3 cm³/mol. The Morgan fingerprint density at radius 3 is 2.80 bits per heavy atom. The van der Waals surface area contributed by atoms with Crippen LogP contribution in [0.2, 0.25) is 0 Å². The number of halogens is 1. The topological polar surface area (TPSA) is 38.7 Å². The van der Waals surface area contributed by atoms with Gasteiger partial charge in [-0.3, -0.25) is 0 Å². The van der Waals surface area contributed by atoms with Crippen LogP contribution in [0.15, 0.2) is 22.7 Å². The normalized spacial score (nSPS) is 10.3. The van der Waals surface area contributed by atoms with E-state index < -0.39 is 0 Å². The maximum atomic E-state index is 8.91. The minimum Gasteiger partial charge on any atom is -0.491 e. The third kappa shape index (κ3) is 4.20. The molecule has 4 heteroatoms. The average molecular weight is 275 g/mol. The van der Waals surface area contributed by atoms with Crippen molar-refractivity contribution in [3.8, 4) is 5.75 Å². The Hall–Kier alpha value is -0.580. The maximum Gasteiger partial charge on any atom is 0.122 e. The molecule has 0 amide bonds. The van der Waals surface area contributed by atoms with Crippen molar-refractivity contribution in [2.24, 2.45) is 0 Å². The molecule has 3 nitrogen and oxygen atoms in total. The third-order valence-electron chi connectivity index (χ3n) is 1.95. The van der Waals surface area contributed by atoms with E-state index in [1.54, 1.807) is 7.11 Å². The Kier molecular flexibility index (Phi) is 5.68. The highest BCUT2D eigenvalue weighted by molar-refractivity contribution is 9.10. The van der Waals surface area contributed by atoms with Crippen LogP contribution in [0.1, 0.15) is 5.56 Å². The Morgan fingerprint density at radius 1 is 1.33 bits per heavy atom. The highest BCUT2D eigenvalue weighted by Crippen LogP contribution is 2.23. The van der Waals surface area contributed by atoms with Crippen LogP contribution in [0, 0.1) is 0 Å². The second-order valence-electron chi connectivity index (χ2n) is 3.07. The first-order valence-corrected chi connectivity index (χ1v) is 5.58. The molecule has 84 valence electrons. The van der Waals surface area contributed by atoms with Crippen molar-refractivity contribution in [1.29, 1.82) is 0 Å². The van der Waals surface area contributed by atoms with Crippen molar-refractivity contribution in [2.45, 2.75) is 6.42 Å². The quantitative estimate of drug-likeness (QED) is 0.807. The molecule has 1 N–H and O–H groups in total. The first-order chi connectivity index (χ1) is 7.27. The SMILES string of the molecule is COCCOc1ccc(Br)cc1CCO. The van der Waals surface area contributed by atoms with Gasteiger partial charge in [0.2, 0.25) is 0 Å². The van der Waals surface area contributed by atoms with Gasteiger partial charge in [-0.15, -0.1) is 0 Å². The monoisotopic (exact) mass is 274 g/mol. The largest absolute Gasteiger partial charge is 0.491 e. The molecule has 0 aliphatic carbocycles. The zero-order chi connectivity index (χ0) is 11.1. The first kappa shape index (κ1) is 12.5. The molecule has 0 atom stereocenters. The Morgan fingerprint density at radius 2 is 2.13 bits per heavy atom. The summed E-state index contributed by atoms with van der Waals surface area (Å²) < 4.78 is 11.4. The number of ether oxygens (including phenoxy) is 2. The van der Waals surface area contributed by atoms with Gasteiger partial charge in [0.25, 0.3) is 0 Å². The van der Waals surface area contributed by atoms with Crippen LogP contribution in [0.25, 0.3) is 0 Å². The minimum atomic E-state index is 0.122. The molecule has 0 unspecified atom stereocenters. The number of hydrogen-bond acceptors (Lipinski definition) is 3. The maximum absolute atomic E-state index is 8.91. The van der Waals surface area contributed by atoms with E-state index in [1.807, 2.05) is 18.2 Å². The lowest BCUT2D eigenvalue weighted by Crippen LogP contribution is -2.06. The van der Waals surface area contributed by atoms with Gasteiger partial charge in [-0.1, -0.05) is 15.9 Å².